The Bertz CT molecular complexity index is 1030. The molecule has 0 saturated carbocycles. The average molecular weight is 442 g/mol. The van der Waals surface area contributed by atoms with Gasteiger partial charge in [0, 0.05) is 11.3 Å². The second-order valence-electron chi connectivity index (χ2n) is 6.20. The summed E-state index contributed by atoms with van der Waals surface area (Å²) in [6.07, 6.45) is -4.54. The maximum atomic E-state index is 14.4. The number of aryl methyl sites for hydroxylation is 1. The highest BCUT2D eigenvalue weighted by Gasteiger charge is 2.32. The summed E-state index contributed by atoms with van der Waals surface area (Å²) in [6.45, 7) is 1.71. The first-order valence-electron chi connectivity index (χ1n) is 8.44. The van der Waals surface area contributed by atoms with E-state index in [0.29, 0.717) is 22.4 Å². The third-order valence-corrected chi connectivity index (χ3v) is 5.34. The van der Waals surface area contributed by atoms with E-state index in [4.69, 9.17) is 16.3 Å². The van der Waals surface area contributed by atoms with Gasteiger partial charge in [-0.3, -0.25) is 0 Å². The van der Waals surface area contributed by atoms with Crippen LogP contribution in [0.1, 0.15) is 11.1 Å². The molecule has 3 rings (SSSR count). The lowest BCUT2D eigenvalue weighted by atomic mass is 10.0. The third kappa shape index (κ3) is 4.79. The standard InChI is InChI=1S/C21H16ClF4NOS/c1-12-8-17(23)15(13-6-4-3-5-7-13)11-18(12)27-29-19-10-14(21(24,25)26)9-16(22)20(19)28-2/h3-11,27H,1-2H3. The van der Waals surface area contributed by atoms with Crippen molar-refractivity contribution in [1.82, 2.24) is 0 Å². The van der Waals surface area contributed by atoms with Crippen molar-refractivity contribution in [3.05, 3.63) is 76.6 Å². The smallest absolute Gasteiger partial charge is 0.416 e. The molecule has 152 valence electrons. The Morgan fingerprint density at radius 3 is 2.34 bits per heavy atom. The van der Waals surface area contributed by atoms with Crippen molar-refractivity contribution < 1.29 is 22.3 Å². The zero-order chi connectivity index (χ0) is 21.2. The molecule has 0 aliphatic carbocycles. The zero-order valence-corrected chi connectivity index (χ0v) is 17.0. The maximum Gasteiger partial charge on any atom is 0.416 e. The Balaban J connectivity index is 1.95. The average Bonchev–Trinajstić information content (AvgIpc) is 2.67. The van der Waals surface area contributed by atoms with Gasteiger partial charge in [0.25, 0.3) is 0 Å². The minimum absolute atomic E-state index is 0.125. The lowest BCUT2D eigenvalue weighted by Gasteiger charge is -2.16. The van der Waals surface area contributed by atoms with Crippen LogP contribution in [0.25, 0.3) is 11.1 Å². The van der Waals surface area contributed by atoms with Crippen molar-refractivity contribution in [3.8, 4) is 16.9 Å². The van der Waals surface area contributed by atoms with Gasteiger partial charge in [0.1, 0.15) is 5.82 Å². The maximum absolute atomic E-state index is 14.4. The zero-order valence-electron chi connectivity index (χ0n) is 15.4. The van der Waals surface area contributed by atoms with E-state index in [2.05, 4.69) is 4.72 Å². The molecule has 0 amide bonds. The van der Waals surface area contributed by atoms with Crippen molar-refractivity contribution in [1.29, 1.82) is 0 Å². The lowest BCUT2D eigenvalue weighted by Crippen LogP contribution is -2.06. The summed E-state index contributed by atoms with van der Waals surface area (Å²) < 4.78 is 62.0. The van der Waals surface area contributed by atoms with E-state index < -0.39 is 11.7 Å². The number of benzene rings is 3. The Morgan fingerprint density at radius 2 is 1.72 bits per heavy atom. The first kappa shape index (κ1) is 21.3. The molecule has 0 bridgehead atoms. The van der Waals surface area contributed by atoms with Crippen LogP contribution < -0.4 is 9.46 Å². The molecule has 0 heterocycles. The van der Waals surface area contributed by atoms with Gasteiger partial charge >= 0.3 is 6.18 Å². The molecule has 1 N–H and O–H groups in total. The summed E-state index contributed by atoms with van der Waals surface area (Å²) in [5, 5.41) is -0.146. The summed E-state index contributed by atoms with van der Waals surface area (Å²) in [5.41, 5.74) is 1.36. The van der Waals surface area contributed by atoms with Crippen molar-refractivity contribution in [2.24, 2.45) is 0 Å². The third-order valence-electron chi connectivity index (χ3n) is 4.21. The summed E-state index contributed by atoms with van der Waals surface area (Å²) >= 11 is 6.88. The van der Waals surface area contributed by atoms with E-state index in [1.807, 2.05) is 6.07 Å². The molecule has 0 fully saturated rings. The molecule has 0 aliphatic heterocycles. The number of hydrogen-bond donors (Lipinski definition) is 1. The Morgan fingerprint density at radius 1 is 1.03 bits per heavy atom. The highest BCUT2D eigenvalue weighted by molar-refractivity contribution is 8.00. The molecule has 0 radical (unpaired) electrons. The van der Waals surface area contributed by atoms with Crippen LogP contribution in [-0.4, -0.2) is 7.11 Å². The van der Waals surface area contributed by atoms with Gasteiger partial charge < -0.3 is 9.46 Å². The molecule has 3 aromatic carbocycles. The van der Waals surface area contributed by atoms with Crippen molar-refractivity contribution in [3.63, 3.8) is 0 Å². The Labute approximate surface area is 175 Å². The van der Waals surface area contributed by atoms with Crippen LogP contribution in [-0.2, 0) is 6.18 Å². The van der Waals surface area contributed by atoms with Gasteiger partial charge in [-0.1, -0.05) is 41.9 Å². The topological polar surface area (TPSA) is 21.3 Å². The van der Waals surface area contributed by atoms with Crippen LogP contribution in [0, 0.1) is 12.7 Å². The number of hydrogen-bond acceptors (Lipinski definition) is 3. The van der Waals surface area contributed by atoms with Gasteiger partial charge in [0.2, 0.25) is 0 Å². The molecule has 8 heteroatoms. The number of anilines is 1. The van der Waals surface area contributed by atoms with Crippen LogP contribution in [0.15, 0.2) is 59.5 Å². The fourth-order valence-corrected chi connectivity index (χ4v) is 4.00. The van der Waals surface area contributed by atoms with Crippen LogP contribution in [0.2, 0.25) is 5.02 Å². The van der Waals surface area contributed by atoms with E-state index in [-0.39, 0.29) is 21.5 Å². The summed E-state index contributed by atoms with van der Waals surface area (Å²) in [6, 6.07) is 13.8. The normalized spacial score (nSPS) is 11.4. The number of halogens is 5. The number of alkyl halides is 3. The molecule has 0 aromatic heterocycles. The van der Waals surface area contributed by atoms with Gasteiger partial charge in [0.05, 0.1) is 22.6 Å². The predicted octanol–water partition coefficient (Wildman–Crippen LogP) is 7.60. The molecule has 0 spiro atoms. The van der Waals surface area contributed by atoms with Crippen LogP contribution in [0.4, 0.5) is 23.2 Å². The van der Waals surface area contributed by atoms with Gasteiger partial charge in [0.15, 0.2) is 5.75 Å². The fraction of sp³-hybridized carbons (Fsp3) is 0.143. The highest BCUT2D eigenvalue weighted by atomic mass is 35.5. The molecule has 2 nitrogen and oxygen atoms in total. The first-order valence-corrected chi connectivity index (χ1v) is 9.63. The monoisotopic (exact) mass is 441 g/mol. The van der Waals surface area contributed by atoms with E-state index in [0.717, 1.165) is 24.1 Å². The molecule has 29 heavy (non-hydrogen) atoms. The molecule has 0 aliphatic rings. The largest absolute Gasteiger partial charge is 0.494 e. The molecule has 3 aromatic rings. The molecular weight excluding hydrogens is 426 g/mol. The van der Waals surface area contributed by atoms with Crippen LogP contribution in [0.5, 0.6) is 5.75 Å². The SMILES string of the molecule is COc1c(Cl)cc(C(F)(F)F)cc1SNc1cc(-c2ccccc2)c(F)cc1C. The summed E-state index contributed by atoms with van der Waals surface area (Å²) in [4.78, 5) is 0.164. The minimum Gasteiger partial charge on any atom is -0.494 e. The van der Waals surface area contributed by atoms with Gasteiger partial charge in [-0.05, 0) is 54.3 Å². The van der Waals surface area contributed by atoms with Crippen molar-refractivity contribution >= 4 is 29.2 Å². The summed E-state index contributed by atoms with van der Waals surface area (Å²) in [5.74, 6) is -0.260. The molecule has 0 saturated heterocycles. The number of rotatable bonds is 5. The number of methoxy groups -OCH3 is 1. The second-order valence-corrected chi connectivity index (χ2v) is 7.46. The van der Waals surface area contributed by atoms with Crippen molar-refractivity contribution in [2.45, 2.75) is 18.0 Å². The van der Waals surface area contributed by atoms with Crippen LogP contribution >= 0.6 is 23.5 Å². The number of ether oxygens (including phenoxy) is 1. The summed E-state index contributed by atoms with van der Waals surface area (Å²) in [7, 11) is 1.33. The van der Waals surface area contributed by atoms with Crippen molar-refractivity contribution in [2.75, 3.05) is 11.8 Å². The lowest BCUT2D eigenvalue weighted by molar-refractivity contribution is -0.137. The number of nitrogens with one attached hydrogen (secondary N) is 1. The molecular formula is C21H16ClF4NOS. The van der Waals surface area contributed by atoms with Gasteiger partial charge in [-0.25, -0.2) is 4.39 Å². The van der Waals surface area contributed by atoms with E-state index in [1.165, 1.54) is 13.2 Å². The Hall–Kier alpha value is -2.38. The first-order chi connectivity index (χ1) is 13.7. The molecule has 0 atom stereocenters. The highest BCUT2D eigenvalue weighted by Crippen LogP contribution is 2.42. The van der Waals surface area contributed by atoms with E-state index >= 15 is 0 Å². The van der Waals surface area contributed by atoms with E-state index in [9.17, 15) is 17.6 Å². The quantitative estimate of drug-likeness (QED) is 0.325. The fourth-order valence-electron chi connectivity index (χ4n) is 2.74. The van der Waals surface area contributed by atoms with Gasteiger partial charge in [-0.2, -0.15) is 13.2 Å². The van der Waals surface area contributed by atoms with Gasteiger partial charge in [-0.15, -0.1) is 0 Å². The molecule has 0 unspecified atom stereocenters. The predicted molar refractivity (Wildman–Crippen MR) is 109 cm³/mol. The second kappa shape index (κ2) is 8.55. The Kier molecular flexibility index (Phi) is 6.29. The van der Waals surface area contributed by atoms with E-state index in [1.54, 1.807) is 37.3 Å². The minimum atomic E-state index is -4.54. The van der Waals surface area contributed by atoms with Crippen LogP contribution in [0.3, 0.4) is 0 Å².